The van der Waals surface area contributed by atoms with E-state index in [4.69, 9.17) is 9.40 Å². The fourth-order valence-electron chi connectivity index (χ4n) is 4.70. The van der Waals surface area contributed by atoms with Gasteiger partial charge in [-0.2, -0.15) is 0 Å². The summed E-state index contributed by atoms with van der Waals surface area (Å²) >= 11 is 0. The number of nitrogens with zero attached hydrogens (tertiary/aromatic N) is 3. The molecule has 7 aromatic rings. The number of fused-ring (bicyclic) bond motifs is 8. The molecule has 0 fully saturated rings. The number of imidazole rings is 2. The molecule has 0 atom stereocenters. The van der Waals surface area contributed by atoms with E-state index >= 15 is 0 Å². The van der Waals surface area contributed by atoms with Crippen LogP contribution in [0, 0.1) is 6.92 Å². The molecule has 0 saturated heterocycles. The number of aromatic nitrogens is 3. The van der Waals surface area contributed by atoms with Crippen LogP contribution in [0.2, 0.25) is 0 Å². The minimum atomic E-state index is 0.886. The molecule has 0 N–H and O–H groups in total. The Labute approximate surface area is 171 Å². The summed E-state index contributed by atoms with van der Waals surface area (Å²) in [7, 11) is 0. The average molecular weight is 387 g/mol. The Bertz CT molecular complexity index is 1760. The van der Waals surface area contributed by atoms with Crippen LogP contribution in [0.4, 0.5) is 0 Å². The fourth-order valence-corrected chi connectivity index (χ4v) is 4.70. The summed E-state index contributed by atoms with van der Waals surface area (Å²) in [5.74, 6) is 0.893. The summed E-state index contributed by atoms with van der Waals surface area (Å²) in [6, 6.07) is 29.4. The summed E-state index contributed by atoms with van der Waals surface area (Å²) in [6.07, 6.45) is 0. The van der Waals surface area contributed by atoms with Gasteiger partial charge in [-0.15, -0.1) is 0 Å². The summed E-state index contributed by atoms with van der Waals surface area (Å²) < 4.78 is 10.8. The second kappa shape index (κ2) is 5.51. The number of benzene rings is 4. The van der Waals surface area contributed by atoms with Crippen molar-refractivity contribution >= 4 is 49.8 Å². The fraction of sp³-hybridized carbons (Fsp3) is 0.0385. The van der Waals surface area contributed by atoms with Gasteiger partial charge in [-0.05, 0) is 55.0 Å². The zero-order chi connectivity index (χ0) is 19.8. The smallest absolute Gasteiger partial charge is 0.220 e. The first-order chi connectivity index (χ1) is 14.8. The highest BCUT2D eigenvalue weighted by atomic mass is 16.3. The SMILES string of the molecule is Cc1cc(-n2c3ccccc3n3c4ccccc4nc23)c2oc3ccccc3c2c1. The van der Waals surface area contributed by atoms with Crippen LogP contribution in [0.1, 0.15) is 5.56 Å². The molecule has 30 heavy (non-hydrogen) atoms. The molecule has 142 valence electrons. The van der Waals surface area contributed by atoms with E-state index < -0.39 is 0 Å². The van der Waals surface area contributed by atoms with Crippen LogP contribution in [0.25, 0.3) is 55.5 Å². The van der Waals surface area contributed by atoms with Gasteiger partial charge in [0.1, 0.15) is 5.58 Å². The number of hydrogen-bond donors (Lipinski definition) is 0. The Morgan fingerprint density at radius 3 is 2.37 bits per heavy atom. The third-order valence-corrected chi connectivity index (χ3v) is 5.95. The van der Waals surface area contributed by atoms with Crippen LogP contribution < -0.4 is 0 Å². The van der Waals surface area contributed by atoms with E-state index in [2.05, 4.69) is 82.6 Å². The van der Waals surface area contributed by atoms with Crippen LogP contribution in [-0.4, -0.2) is 14.0 Å². The molecule has 0 saturated carbocycles. The molecule has 0 aliphatic rings. The Morgan fingerprint density at radius 2 is 1.47 bits per heavy atom. The maximum Gasteiger partial charge on any atom is 0.220 e. The molecule has 7 rings (SSSR count). The molecule has 3 heterocycles. The molecule has 4 heteroatoms. The van der Waals surface area contributed by atoms with Gasteiger partial charge in [-0.1, -0.05) is 42.5 Å². The Kier molecular flexibility index (Phi) is 2.91. The third kappa shape index (κ3) is 1.93. The third-order valence-electron chi connectivity index (χ3n) is 5.95. The Morgan fingerprint density at radius 1 is 0.733 bits per heavy atom. The van der Waals surface area contributed by atoms with Crippen molar-refractivity contribution in [2.24, 2.45) is 0 Å². The van der Waals surface area contributed by atoms with Gasteiger partial charge in [0.05, 0.1) is 27.8 Å². The topological polar surface area (TPSA) is 35.4 Å². The lowest BCUT2D eigenvalue weighted by Gasteiger charge is -2.07. The van der Waals surface area contributed by atoms with Crippen molar-refractivity contribution in [3.63, 3.8) is 0 Å². The molecule has 0 aliphatic heterocycles. The Hall–Kier alpha value is -4.05. The number of furan rings is 1. The maximum absolute atomic E-state index is 6.38. The molecule has 4 aromatic carbocycles. The van der Waals surface area contributed by atoms with Crippen LogP contribution >= 0.6 is 0 Å². The van der Waals surface area contributed by atoms with E-state index in [-0.39, 0.29) is 0 Å². The minimum Gasteiger partial charge on any atom is -0.454 e. The molecular formula is C26H17N3O. The van der Waals surface area contributed by atoms with Gasteiger partial charge in [-0.3, -0.25) is 8.97 Å². The molecule has 0 spiro atoms. The lowest BCUT2D eigenvalue weighted by atomic mass is 10.1. The Balaban J connectivity index is 1.73. The number of hydrogen-bond acceptors (Lipinski definition) is 2. The standard InChI is InChI=1S/C26H17N3O/c1-16-14-18-17-8-2-7-13-24(17)30-25(18)23(15-16)29-22-12-6-5-11-21(22)28-20-10-4-3-9-19(20)27-26(28)29/h2-15H,1H3. The van der Waals surface area contributed by atoms with Gasteiger partial charge in [0, 0.05) is 10.8 Å². The van der Waals surface area contributed by atoms with E-state index in [1.807, 2.05) is 18.2 Å². The molecule has 0 unspecified atom stereocenters. The average Bonchev–Trinajstić information content (AvgIpc) is 3.42. The monoisotopic (exact) mass is 387 g/mol. The summed E-state index contributed by atoms with van der Waals surface area (Å²) in [5.41, 5.74) is 8.33. The maximum atomic E-state index is 6.38. The second-order valence-electron chi connectivity index (χ2n) is 7.82. The van der Waals surface area contributed by atoms with Crippen molar-refractivity contribution in [2.75, 3.05) is 0 Å². The van der Waals surface area contributed by atoms with Crippen molar-refractivity contribution in [3.05, 3.63) is 90.5 Å². The molecule has 3 aromatic heterocycles. The van der Waals surface area contributed by atoms with Crippen molar-refractivity contribution in [3.8, 4) is 5.69 Å². The summed E-state index contributed by atoms with van der Waals surface area (Å²) in [5, 5.41) is 2.27. The quantitative estimate of drug-likeness (QED) is 0.316. The van der Waals surface area contributed by atoms with E-state index in [0.717, 1.165) is 55.5 Å². The predicted molar refractivity (Wildman–Crippen MR) is 122 cm³/mol. The summed E-state index contributed by atoms with van der Waals surface area (Å²) in [4.78, 5) is 5.00. The van der Waals surface area contributed by atoms with Crippen LogP contribution in [-0.2, 0) is 0 Å². The first-order valence-corrected chi connectivity index (χ1v) is 10.1. The highest BCUT2D eigenvalue weighted by Gasteiger charge is 2.20. The van der Waals surface area contributed by atoms with Crippen LogP contribution in [0.15, 0.2) is 89.3 Å². The van der Waals surface area contributed by atoms with Crippen LogP contribution in [0.5, 0.6) is 0 Å². The number of aryl methyl sites for hydroxylation is 1. The van der Waals surface area contributed by atoms with Crippen molar-refractivity contribution < 1.29 is 4.42 Å². The second-order valence-corrected chi connectivity index (χ2v) is 7.82. The highest BCUT2D eigenvalue weighted by molar-refractivity contribution is 6.08. The lowest BCUT2D eigenvalue weighted by Crippen LogP contribution is -1.96. The van der Waals surface area contributed by atoms with E-state index in [1.165, 1.54) is 5.56 Å². The van der Waals surface area contributed by atoms with Crippen molar-refractivity contribution in [2.45, 2.75) is 6.92 Å². The summed E-state index contributed by atoms with van der Waals surface area (Å²) in [6.45, 7) is 2.13. The van der Waals surface area contributed by atoms with Crippen molar-refractivity contribution in [1.82, 2.24) is 14.0 Å². The minimum absolute atomic E-state index is 0.886. The van der Waals surface area contributed by atoms with Crippen molar-refractivity contribution in [1.29, 1.82) is 0 Å². The molecule has 0 amide bonds. The highest BCUT2D eigenvalue weighted by Crippen LogP contribution is 2.37. The van der Waals surface area contributed by atoms with E-state index in [0.29, 0.717) is 0 Å². The van der Waals surface area contributed by atoms with E-state index in [1.54, 1.807) is 0 Å². The van der Waals surface area contributed by atoms with Gasteiger partial charge in [0.25, 0.3) is 0 Å². The van der Waals surface area contributed by atoms with Crippen LogP contribution in [0.3, 0.4) is 0 Å². The molecule has 4 nitrogen and oxygen atoms in total. The first kappa shape index (κ1) is 15.8. The van der Waals surface area contributed by atoms with E-state index in [9.17, 15) is 0 Å². The van der Waals surface area contributed by atoms with Gasteiger partial charge >= 0.3 is 0 Å². The zero-order valence-electron chi connectivity index (χ0n) is 16.3. The normalized spacial score (nSPS) is 12.2. The molecule has 0 bridgehead atoms. The molecular weight excluding hydrogens is 370 g/mol. The van der Waals surface area contributed by atoms with Gasteiger partial charge in [-0.25, -0.2) is 4.98 Å². The van der Waals surface area contributed by atoms with Gasteiger partial charge in [0.15, 0.2) is 5.58 Å². The molecule has 0 radical (unpaired) electrons. The number of para-hydroxylation sites is 5. The first-order valence-electron chi connectivity index (χ1n) is 10.1. The van der Waals surface area contributed by atoms with Gasteiger partial charge in [0.2, 0.25) is 5.78 Å². The van der Waals surface area contributed by atoms with Gasteiger partial charge < -0.3 is 4.42 Å². The number of rotatable bonds is 1. The lowest BCUT2D eigenvalue weighted by molar-refractivity contribution is 0.666. The zero-order valence-corrected chi connectivity index (χ0v) is 16.3. The molecule has 0 aliphatic carbocycles. The predicted octanol–water partition coefficient (Wildman–Crippen LogP) is 6.64. The largest absolute Gasteiger partial charge is 0.454 e.